The SMILES string of the molecule is CC(=O)Nc1cc(Oc2cc(C#N)ccc2-c2ccc([C@H](O)CN)cn2)n(C)n1. The minimum atomic E-state index is -0.783. The van der Waals surface area contributed by atoms with Crippen molar-refractivity contribution in [2.24, 2.45) is 12.8 Å². The number of benzene rings is 1. The molecule has 0 fully saturated rings. The third kappa shape index (κ3) is 4.57. The fourth-order valence-electron chi connectivity index (χ4n) is 2.69. The maximum absolute atomic E-state index is 11.2. The van der Waals surface area contributed by atoms with Crippen molar-refractivity contribution < 1.29 is 14.6 Å². The van der Waals surface area contributed by atoms with Gasteiger partial charge in [-0.15, -0.1) is 0 Å². The summed E-state index contributed by atoms with van der Waals surface area (Å²) in [6, 6.07) is 12.1. The van der Waals surface area contributed by atoms with Gasteiger partial charge in [0.05, 0.1) is 23.4 Å². The lowest BCUT2D eigenvalue weighted by Crippen LogP contribution is -2.11. The highest BCUT2D eigenvalue weighted by Crippen LogP contribution is 2.34. The Hall–Kier alpha value is -3.74. The number of aromatic nitrogens is 3. The number of amides is 1. The Kier molecular flexibility index (Phi) is 5.87. The van der Waals surface area contributed by atoms with E-state index >= 15 is 0 Å². The third-order valence-corrected chi connectivity index (χ3v) is 4.14. The summed E-state index contributed by atoms with van der Waals surface area (Å²) in [5.74, 6) is 0.887. The summed E-state index contributed by atoms with van der Waals surface area (Å²) in [6.07, 6.45) is 0.767. The van der Waals surface area contributed by atoms with E-state index in [9.17, 15) is 15.2 Å². The van der Waals surface area contributed by atoms with Crippen LogP contribution in [-0.4, -0.2) is 32.3 Å². The van der Waals surface area contributed by atoms with E-state index in [0.29, 0.717) is 39.8 Å². The van der Waals surface area contributed by atoms with Gasteiger partial charge in [0.15, 0.2) is 5.82 Å². The Balaban J connectivity index is 1.97. The Labute approximate surface area is 167 Å². The zero-order valence-corrected chi connectivity index (χ0v) is 16.0. The minimum absolute atomic E-state index is 0.101. The number of carbonyl (C=O) groups excluding carboxylic acids is 1. The average Bonchev–Trinajstić information content (AvgIpc) is 3.05. The summed E-state index contributed by atoms with van der Waals surface area (Å²) in [4.78, 5) is 15.6. The molecule has 0 aliphatic rings. The summed E-state index contributed by atoms with van der Waals surface area (Å²) in [5, 5.41) is 25.8. The first-order chi connectivity index (χ1) is 13.9. The van der Waals surface area contributed by atoms with Crippen LogP contribution < -0.4 is 15.8 Å². The van der Waals surface area contributed by atoms with Gasteiger partial charge >= 0.3 is 0 Å². The molecule has 2 heterocycles. The molecule has 9 heteroatoms. The standard InChI is InChI=1S/C20H20N6O3/c1-12(27)24-19-8-20(26(2)25-19)29-18-7-13(9-21)3-5-15(18)16-6-4-14(11-23-16)17(28)10-22/h3-8,11,17,28H,10,22H2,1-2H3,(H,24,25,27)/t17-/m1/s1. The number of rotatable bonds is 6. The van der Waals surface area contributed by atoms with Crippen LogP contribution in [0.15, 0.2) is 42.6 Å². The number of carbonyl (C=O) groups is 1. The van der Waals surface area contributed by atoms with Gasteiger partial charge in [0, 0.05) is 43.9 Å². The second-order valence-corrected chi connectivity index (χ2v) is 6.33. The van der Waals surface area contributed by atoms with Crippen LogP contribution in [-0.2, 0) is 11.8 Å². The van der Waals surface area contributed by atoms with Crippen LogP contribution in [0.3, 0.4) is 0 Å². The van der Waals surface area contributed by atoms with Crippen LogP contribution in [0.2, 0.25) is 0 Å². The Morgan fingerprint density at radius 2 is 2.17 bits per heavy atom. The van der Waals surface area contributed by atoms with Crippen molar-refractivity contribution in [3.05, 3.63) is 53.7 Å². The molecule has 1 amide bonds. The second-order valence-electron chi connectivity index (χ2n) is 6.33. The summed E-state index contributed by atoms with van der Waals surface area (Å²) in [6.45, 7) is 1.49. The molecule has 0 saturated heterocycles. The van der Waals surface area contributed by atoms with Crippen molar-refractivity contribution in [3.8, 4) is 29.0 Å². The number of ether oxygens (including phenoxy) is 1. The number of anilines is 1. The van der Waals surface area contributed by atoms with Crippen molar-refractivity contribution in [1.29, 1.82) is 5.26 Å². The summed E-state index contributed by atoms with van der Waals surface area (Å²) in [7, 11) is 1.68. The fraction of sp³-hybridized carbons (Fsp3) is 0.200. The number of nitrogens with zero attached hydrogens (tertiary/aromatic N) is 4. The van der Waals surface area contributed by atoms with Gasteiger partial charge in [-0.25, -0.2) is 4.68 Å². The van der Waals surface area contributed by atoms with Crippen LogP contribution in [0.5, 0.6) is 11.6 Å². The summed E-state index contributed by atoms with van der Waals surface area (Å²) >= 11 is 0. The van der Waals surface area contributed by atoms with E-state index in [1.165, 1.54) is 11.6 Å². The fourth-order valence-corrected chi connectivity index (χ4v) is 2.69. The molecule has 0 radical (unpaired) electrons. The quantitative estimate of drug-likeness (QED) is 0.583. The maximum atomic E-state index is 11.2. The molecule has 0 saturated carbocycles. The molecule has 0 unspecified atom stereocenters. The lowest BCUT2D eigenvalue weighted by Gasteiger charge is -2.12. The zero-order valence-electron chi connectivity index (χ0n) is 16.0. The molecule has 0 spiro atoms. The van der Waals surface area contributed by atoms with Gasteiger partial charge in [-0.3, -0.25) is 9.78 Å². The Morgan fingerprint density at radius 3 is 2.79 bits per heavy atom. The number of nitriles is 1. The first-order valence-corrected chi connectivity index (χ1v) is 8.79. The number of aryl methyl sites for hydroxylation is 1. The molecule has 4 N–H and O–H groups in total. The van der Waals surface area contributed by atoms with Crippen molar-refractivity contribution in [2.45, 2.75) is 13.0 Å². The molecule has 29 heavy (non-hydrogen) atoms. The van der Waals surface area contributed by atoms with Gasteiger partial charge in [-0.1, -0.05) is 6.07 Å². The predicted octanol–water partition coefficient (Wildman–Crippen LogP) is 2.10. The average molecular weight is 392 g/mol. The molecular weight excluding hydrogens is 372 g/mol. The lowest BCUT2D eigenvalue weighted by atomic mass is 10.1. The number of nitrogens with two attached hydrogens (primary N) is 1. The van der Waals surface area contributed by atoms with Crippen molar-refractivity contribution in [2.75, 3.05) is 11.9 Å². The molecular formula is C20H20N6O3. The van der Waals surface area contributed by atoms with E-state index in [1.807, 2.05) is 0 Å². The first-order valence-electron chi connectivity index (χ1n) is 8.79. The van der Waals surface area contributed by atoms with Gasteiger partial charge in [0.25, 0.3) is 0 Å². The van der Waals surface area contributed by atoms with Crippen LogP contribution >= 0.6 is 0 Å². The predicted molar refractivity (Wildman–Crippen MR) is 106 cm³/mol. The molecule has 1 atom stereocenters. The summed E-state index contributed by atoms with van der Waals surface area (Å²) in [5.41, 5.74) is 7.76. The molecule has 9 nitrogen and oxygen atoms in total. The van der Waals surface area contributed by atoms with Crippen molar-refractivity contribution >= 4 is 11.7 Å². The van der Waals surface area contributed by atoms with Gasteiger partial charge in [0.1, 0.15) is 5.75 Å². The summed E-state index contributed by atoms with van der Waals surface area (Å²) < 4.78 is 7.46. The van der Waals surface area contributed by atoms with E-state index in [0.717, 1.165) is 0 Å². The highest BCUT2D eigenvalue weighted by molar-refractivity contribution is 5.87. The molecule has 3 rings (SSSR count). The highest BCUT2D eigenvalue weighted by Gasteiger charge is 2.15. The normalized spacial score (nSPS) is 11.6. The minimum Gasteiger partial charge on any atom is -0.438 e. The van der Waals surface area contributed by atoms with Gasteiger partial charge in [-0.2, -0.15) is 10.4 Å². The molecule has 3 aromatic rings. The zero-order chi connectivity index (χ0) is 21.0. The molecule has 0 aliphatic heterocycles. The van der Waals surface area contributed by atoms with Crippen molar-refractivity contribution in [1.82, 2.24) is 14.8 Å². The van der Waals surface area contributed by atoms with E-state index < -0.39 is 6.10 Å². The Bertz CT molecular complexity index is 1070. The van der Waals surface area contributed by atoms with E-state index in [4.69, 9.17) is 10.5 Å². The number of aliphatic hydroxyl groups is 1. The highest BCUT2D eigenvalue weighted by atomic mass is 16.5. The van der Waals surface area contributed by atoms with Gasteiger partial charge in [0.2, 0.25) is 11.8 Å². The van der Waals surface area contributed by atoms with Gasteiger partial charge in [-0.05, 0) is 24.3 Å². The monoisotopic (exact) mass is 392 g/mol. The largest absolute Gasteiger partial charge is 0.438 e. The number of hydrogen-bond donors (Lipinski definition) is 3. The molecule has 1 aromatic carbocycles. The van der Waals surface area contributed by atoms with Crippen molar-refractivity contribution in [3.63, 3.8) is 0 Å². The van der Waals surface area contributed by atoms with Crippen LogP contribution in [0.4, 0.5) is 5.82 Å². The maximum Gasteiger partial charge on any atom is 0.222 e. The second kappa shape index (κ2) is 8.52. The number of pyridine rings is 1. The van der Waals surface area contributed by atoms with E-state index in [1.54, 1.807) is 49.6 Å². The smallest absolute Gasteiger partial charge is 0.222 e. The topological polar surface area (TPSA) is 139 Å². The van der Waals surface area contributed by atoms with Gasteiger partial charge < -0.3 is 20.9 Å². The molecule has 0 bridgehead atoms. The molecule has 2 aromatic heterocycles. The Morgan fingerprint density at radius 1 is 1.38 bits per heavy atom. The van der Waals surface area contributed by atoms with E-state index in [-0.39, 0.29) is 12.5 Å². The lowest BCUT2D eigenvalue weighted by molar-refractivity contribution is -0.114. The van der Waals surface area contributed by atoms with Crippen LogP contribution in [0.25, 0.3) is 11.3 Å². The number of nitrogens with one attached hydrogen (secondary N) is 1. The number of hydrogen-bond acceptors (Lipinski definition) is 7. The number of aliphatic hydroxyl groups excluding tert-OH is 1. The van der Waals surface area contributed by atoms with Crippen LogP contribution in [0, 0.1) is 11.3 Å². The molecule has 148 valence electrons. The van der Waals surface area contributed by atoms with Crippen LogP contribution in [0.1, 0.15) is 24.2 Å². The first kappa shape index (κ1) is 20.0. The van der Waals surface area contributed by atoms with E-state index in [2.05, 4.69) is 21.5 Å². The molecule has 0 aliphatic carbocycles. The third-order valence-electron chi connectivity index (χ3n) is 4.14.